The summed E-state index contributed by atoms with van der Waals surface area (Å²) in [6.07, 6.45) is 11.3. The molecule has 27 heavy (non-hydrogen) atoms. The van der Waals surface area contributed by atoms with Gasteiger partial charge in [0.25, 0.3) is 0 Å². The number of anilines is 1. The maximum absolute atomic E-state index is 9.33. The second-order valence-corrected chi connectivity index (χ2v) is 8.10. The smallest absolute Gasteiger partial charge is 0.146 e. The molecule has 0 spiro atoms. The molecular formula is C19H31N5OS2. The first-order valence-electron chi connectivity index (χ1n) is 9.67. The van der Waals surface area contributed by atoms with Gasteiger partial charge in [0.2, 0.25) is 0 Å². The fraction of sp³-hybridized carbons (Fsp3) is 0.632. The van der Waals surface area contributed by atoms with E-state index >= 15 is 0 Å². The Morgan fingerprint density at radius 1 is 1.26 bits per heavy atom. The molecule has 0 bridgehead atoms. The number of unbranched alkanes of at least 4 members (excludes halogenated alkanes) is 4. The van der Waals surface area contributed by atoms with E-state index < -0.39 is 0 Å². The van der Waals surface area contributed by atoms with Gasteiger partial charge in [-0.05, 0) is 25.5 Å². The minimum absolute atomic E-state index is 0.153. The van der Waals surface area contributed by atoms with Crippen molar-refractivity contribution < 1.29 is 5.11 Å². The molecule has 0 fully saturated rings. The number of fused-ring (bicyclic) bond motifs is 1. The number of thioether (sulfide) groups is 1. The molecule has 0 aliphatic rings. The molecule has 0 saturated heterocycles. The number of thiocarbonyl (C=S) groups is 1. The van der Waals surface area contributed by atoms with Gasteiger partial charge in [-0.2, -0.15) is 0 Å². The van der Waals surface area contributed by atoms with E-state index in [2.05, 4.69) is 26.8 Å². The monoisotopic (exact) mass is 409 g/mol. The maximum atomic E-state index is 9.33. The molecule has 0 aliphatic heterocycles. The lowest BCUT2D eigenvalue weighted by Crippen LogP contribution is -2.18. The first-order valence-corrected chi connectivity index (χ1v) is 11.3. The van der Waals surface area contributed by atoms with Crippen molar-refractivity contribution in [3.8, 4) is 0 Å². The van der Waals surface area contributed by atoms with Crippen LogP contribution in [0.15, 0.2) is 6.33 Å². The van der Waals surface area contributed by atoms with E-state index in [1.165, 1.54) is 49.5 Å². The van der Waals surface area contributed by atoms with Gasteiger partial charge < -0.3 is 20.7 Å². The zero-order chi connectivity index (χ0) is 19.6. The van der Waals surface area contributed by atoms with Crippen LogP contribution in [0.1, 0.15) is 56.7 Å². The largest absolute Gasteiger partial charge is 0.396 e. The van der Waals surface area contributed by atoms with Crippen molar-refractivity contribution >= 4 is 45.2 Å². The summed E-state index contributed by atoms with van der Waals surface area (Å²) >= 11 is 6.84. The first-order chi connectivity index (χ1) is 13.1. The van der Waals surface area contributed by atoms with Crippen LogP contribution in [0.5, 0.6) is 0 Å². The second kappa shape index (κ2) is 11.5. The van der Waals surface area contributed by atoms with E-state index in [4.69, 9.17) is 18.0 Å². The maximum Gasteiger partial charge on any atom is 0.146 e. The van der Waals surface area contributed by atoms with Gasteiger partial charge in [-0.1, -0.05) is 44.8 Å². The minimum atomic E-state index is 0.153. The van der Waals surface area contributed by atoms with Crippen LogP contribution in [0.25, 0.3) is 11.0 Å². The van der Waals surface area contributed by atoms with Crippen molar-refractivity contribution in [2.24, 2.45) is 0 Å². The highest BCUT2D eigenvalue weighted by atomic mass is 32.2. The van der Waals surface area contributed by atoms with Gasteiger partial charge in [-0.25, -0.2) is 9.97 Å². The van der Waals surface area contributed by atoms with Crippen LogP contribution in [0, 0.1) is 0 Å². The van der Waals surface area contributed by atoms with Gasteiger partial charge in [0.15, 0.2) is 0 Å². The average molecular weight is 410 g/mol. The van der Waals surface area contributed by atoms with E-state index in [1.54, 1.807) is 0 Å². The predicted octanol–water partition coefficient (Wildman–Crippen LogP) is 3.65. The van der Waals surface area contributed by atoms with Crippen LogP contribution in [0.4, 0.5) is 5.82 Å². The number of aliphatic hydroxyl groups is 1. The zero-order valence-corrected chi connectivity index (χ0v) is 18.0. The van der Waals surface area contributed by atoms with Crippen molar-refractivity contribution in [1.29, 1.82) is 0 Å². The Morgan fingerprint density at radius 2 is 2.04 bits per heavy atom. The normalized spacial score (nSPS) is 11.2. The molecule has 6 nitrogen and oxygen atoms in total. The zero-order valence-electron chi connectivity index (χ0n) is 16.3. The second-order valence-electron chi connectivity index (χ2n) is 6.62. The average Bonchev–Trinajstić information content (AvgIpc) is 2.98. The van der Waals surface area contributed by atoms with Gasteiger partial charge in [0, 0.05) is 31.0 Å². The van der Waals surface area contributed by atoms with Gasteiger partial charge in [0.05, 0.1) is 5.39 Å². The molecule has 0 aromatic carbocycles. The molecule has 0 atom stereocenters. The van der Waals surface area contributed by atoms with Crippen LogP contribution in [-0.4, -0.2) is 36.8 Å². The third-order valence-electron chi connectivity index (χ3n) is 4.74. The number of aryl methyl sites for hydroxylation is 1. The minimum Gasteiger partial charge on any atom is -0.396 e. The predicted molar refractivity (Wildman–Crippen MR) is 119 cm³/mol. The van der Waals surface area contributed by atoms with Gasteiger partial charge >= 0.3 is 0 Å². The molecule has 2 heterocycles. The van der Waals surface area contributed by atoms with E-state index in [0.29, 0.717) is 18.8 Å². The fourth-order valence-corrected chi connectivity index (χ4v) is 3.68. The SMILES string of the molecule is CCCCCCCc1c(CNC(=S)SC)c2c(N)ncnc2n1CCCO. The Bertz CT molecular complexity index is 747. The van der Waals surface area contributed by atoms with Crippen LogP contribution < -0.4 is 11.1 Å². The number of nitrogens with one attached hydrogen (secondary N) is 1. The molecule has 0 unspecified atom stereocenters. The lowest BCUT2D eigenvalue weighted by molar-refractivity contribution is 0.280. The topological polar surface area (TPSA) is 89.0 Å². The van der Waals surface area contributed by atoms with Crippen LogP contribution in [0.3, 0.4) is 0 Å². The summed E-state index contributed by atoms with van der Waals surface area (Å²) in [7, 11) is 0. The van der Waals surface area contributed by atoms with E-state index in [-0.39, 0.29) is 6.61 Å². The Kier molecular flexibility index (Phi) is 9.30. The van der Waals surface area contributed by atoms with Crippen LogP contribution in [-0.2, 0) is 19.5 Å². The molecular weight excluding hydrogens is 378 g/mol. The summed E-state index contributed by atoms with van der Waals surface area (Å²) in [4.78, 5) is 8.71. The molecule has 0 amide bonds. The number of rotatable bonds is 11. The summed E-state index contributed by atoms with van der Waals surface area (Å²) in [5, 5.41) is 13.6. The molecule has 2 aromatic rings. The van der Waals surface area contributed by atoms with Crippen LogP contribution >= 0.6 is 24.0 Å². The molecule has 8 heteroatoms. The summed E-state index contributed by atoms with van der Waals surface area (Å²) < 4.78 is 2.97. The van der Waals surface area contributed by atoms with Crippen LogP contribution in [0.2, 0.25) is 0 Å². The van der Waals surface area contributed by atoms with Crippen molar-refractivity contribution in [3.05, 3.63) is 17.6 Å². The van der Waals surface area contributed by atoms with E-state index in [1.807, 2.05) is 6.26 Å². The summed E-state index contributed by atoms with van der Waals surface area (Å²) in [5.41, 5.74) is 9.44. The highest BCUT2D eigenvalue weighted by Gasteiger charge is 2.20. The Labute approximate surface area is 171 Å². The number of hydrogen-bond acceptors (Lipinski definition) is 6. The number of nitrogen functional groups attached to an aromatic ring is 1. The van der Waals surface area contributed by atoms with Gasteiger partial charge in [-0.15, -0.1) is 11.8 Å². The third kappa shape index (κ3) is 5.80. The highest BCUT2D eigenvalue weighted by molar-refractivity contribution is 8.22. The quantitative estimate of drug-likeness (QED) is 0.385. The number of aromatic nitrogens is 3. The van der Waals surface area contributed by atoms with Crippen molar-refractivity contribution in [1.82, 2.24) is 19.9 Å². The lowest BCUT2D eigenvalue weighted by Gasteiger charge is -2.12. The summed E-state index contributed by atoms with van der Waals surface area (Å²) in [6, 6.07) is 0. The first kappa shape index (κ1) is 21.9. The number of hydrogen-bond donors (Lipinski definition) is 3. The fourth-order valence-electron chi connectivity index (χ4n) is 3.39. The van der Waals surface area contributed by atoms with Gasteiger partial charge in [-0.3, -0.25) is 0 Å². The Balaban J connectivity index is 2.38. The molecule has 0 saturated carbocycles. The van der Waals surface area contributed by atoms with Crippen molar-refractivity contribution in [2.45, 2.75) is 65.0 Å². The Morgan fingerprint density at radius 3 is 2.74 bits per heavy atom. The third-order valence-corrected chi connectivity index (χ3v) is 5.90. The lowest BCUT2D eigenvalue weighted by atomic mass is 10.1. The molecule has 2 rings (SSSR count). The molecule has 0 radical (unpaired) electrons. The number of nitrogens with zero attached hydrogens (tertiary/aromatic N) is 3. The van der Waals surface area contributed by atoms with Gasteiger partial charge in [0.1, 0.15) is 22.1 Å². The Hall–Kier alpha value is -1.38. The van der Waals surface area contributed by atoms with E-state index in [0.717, 1.165) is 40.3 Å². The molecule has 0 aliphatic carbocycles. The van der Waals surface area contributed by atoms with Crippen molar-refractivity contribution in [2.75, 3.05) is 18.6 Å². The number of nitrogens with two attached hydrogens (primary N) is 1. The molecule has 150 valence electrons. The standard InChI is InChI=1S/C19H31N5OS2/c1-3-4-5-6-7-9-15-14(12-21-19(26)27-2)16-17(20)22-13-23-18(16)24(15)10-8-11-25/h13,25H,3-12H2,1-2H3,(H,21,26)(H2,20,22,23). The van der Waals surface area contributed by atoms with Crippen molar-refractivity contribution in [3.63, 3.8) is 0 Å². The molecule has 4 N–H and O–H groups in total. The highest BCUT2D eigenvalue weighted by Crippen LogP contribution is 2.30. The van der Waals surface area contributed by atoms with E-state index in [9.17, 15) is 5.11 Å². The number of aliphatic hydroxyl groups excluding tert-OH is 1. The summed E-state index contributed by atoms with van der Waals surface area (Å²) in [5.74, 6) is 0.502. The molecule has 2 aromatic heterocycles. The summed E-state index contributed by atoms with van der Waals surface area (Å²) in [6.45, 7) is 3.72.